The first kappa shape index (κ1) is 26.1. The van der Waals surface area contributed by atoms with Crippen LogP contribution in [-0.2, 0) is 0 Å². The molecule has 0 N–H and O–H groups in total. The molecule has 0 radical (unpaired) electrons. The van der Waals surface area contributed by atoms with E-state index >= 15 is 4.79 Å². The van der Waals surface area contributed by atoms with E-state index in [1.54, 1.807) is 0 Å². The summed E-state index contributed by atoms with van der Waals surface area (Å²) in [7, 11) is -5.70. The molecular weight excluding hydrogens is 522 g/mol. The van der Waals surface area contributed by atoms with Crippen LogP contribution in [0.4, 0.5) is 4.79 Å². The van der Waals surface area contributed by atoms with E-state index in [1.165, 1.54) is 0 Å². The highest BCUT2D eigenvalue weighted by Crippen LogP contribution is 2.73. The maximum atomic E-state index is 16.4. The van der Waals surface area contributed by atoms with Gasteiger partial charge in [0.25, 0.3) is 0 Å². The lowest BCUT2D eigenvalue weighted by atomic mass is 10.4. The third kappa shape index (κ3) is 4.33. The molecule has 6 aromatic carbocycles. The van der Waals surface area contributed by atoms with Gasteiger partial charge in [0.2, 0.25) is 14.5 Å². The van der Waals surface area contributed by atoms with Crippen LogP contribution < -0.4 is 31.8 Å². The average Bonchev–Trinajstić information content (AvgIpc) is 3.05. The average molecular weight is 553 g/mol. The van der Waals surface area contributed by atoms with Gasteiger partial charge in [0.1, 0.15) is 31.8 Å². The number of benzene rings is 6. The summed E-state index contributed by atoms with van der Waals surface area (Å²) in [5.41, 5.74) is 0. The third-order valence-electron chi connectivity index (χ3n) is 7.43. The summed E-state index contributed by atoms with van der Waals surface area (Å²) in [5.74, 6) is 0. The molecule has 0 saturated heterocycles. The normalized spacial score (nSPS) is 11.6. The molecule has 0 bridgehead atoms. The minimum absolute atomic E-state index is 0.298. The van der Waals surface area contributed by atoms with Crippen LogP contribution in [0, 0.1) is 0 Å². The lowest BCUT2D eigenvalue weighted by molar-refractivity contribution is 0.275. The second kappa shape index (κ2) is 11.5. The van der Waals surface area contributed by atoms with E-state index in [1.807, 2.05) is 36.4 Å². The minimum Gasteiger partial charge on any atom is -0.208 e. The van der Waals surface area contributed by atoms with Crippen molar-refractivity contribution in [2.75, 3.05) is 0 Å². The quantitative estimate of drug-likeness (QED) is 0.184. The highest BCUT2D eigenvalue weighted by molar-refractivity contribution is 8.30. The summed E-state index contributed by atoms with van der Waals surface area (Å²) in [4.78, 5) is 16.4. The maximum absolute atomic E-state index is 16.4. The molecule has 3 heteroatoms. The summed E-state index contributed by atoms with van der Waals surface area (Å²) in [5, 5.41) is 6.74. The molecule has 0 aliphatic carbocycles. The summed E-state index contributed by atoms with van der Waals surface area (Å²) >= 11 is 0. The Hall–Kier alpha value is -4.15. The number of carbonyl (C=O) groups is 1. The number of hydrogen-bond acceptors (Lipinski definition) is 1. The molecule has 0 saturated carbocycles. The molecule has 40 heavy (non-hydrogen) atoms. The Morgan fingerprint density at radius 2 is 0.425 bits per heavy atom. The topological polar surface area (TPSA) is 17.1 Å². The Balaban J connectivity index is 1.82. The van der Waals surface area contributed by atoms with Crippen LogP contribution in [-0.4, -0.2) is 5.27 Å². The molecule has 0 heterocycles. The van der Waals surface area contributed by atoms with Gasteiger partial charge in [-0.15, -0.1) is 0 Å². The smallest absolute Gasteiger partial charge is 0.208 e. The predicted octanol–water partition coefficient (Wildman–Crippen LogP) is 7.09. The summed E-state index contributed by atoms with van der Waals surface area (Å²) in [6.45, 7) is 0. The molecule has 0 aromatic heterocycles. The SMILES string of the molecule is O=C([P+](c1ccccc1)(c1ccccc1)c1ccccc1)[P+](c1ccccc1)(c1ccccc1)c1ccccc1. The van der Waals surface area contributed by atoms with Gasteiger partial charge in [-0.05, 0) is 72.8 Å². The largest absolute Gasteiger partial charge is 0.426 e. The Morgan fingerprint density at radius 1 is 0.275 bits per heavy atom. The van der Waals surface area contributed by atoms with Crippen LogP contribution in [0.3, 0.4) is 0 Å². The van der Waals surface area contributed by atoms with Crippen LogP contribution in [0.1, 0.15) is 0 Å². The van der Waals surface area contributed by atoms with Gasteiger partial charge >= 0.3 is 5.27 Å². The monoisotopic (exact) mass is 552 g/mol. The molecule has 192 valence electrons. The van der Waals surface area contributed by atoms with Crippen molar-refractivity contribution in [2.45, 2.75) is 0 Å². The highest BCUT2D eigenvalue weighted by Gasteiger charge is 2.69. The first-order chi connectivity index (χ1) is 19.8. The van der Waals surface area contributed by atoms with E-state index in [0.29, 0.717) is 5.27 Å². The number of carbonyl (C=O) groups excluding carboxylic acids is 1. The zero-order chi connectivity index (χ0) is 27.3. The fourth-order valence-corrected chi connectivity index (χ4v) is 16.4. The summed E-state index contributed by atoms with van der Waals surface area (Å²) < 4.78 is 0. The zero-order valence-corrected chi connectivity index (χ0v) is 23.9. The highest BCUT2D eigenvalue weighted by atomic mass is 31.2. The Kier molecular flexibility index (Phi) is 7.52. The molecule has 0 aliphatic rings. The first-order valence-electron chi connectivity index (χ1n) is 13.5. The van der Waals surface area contributed by atoms with E-state index in [-0.39, 0.29) is 0 Å². The summed E-state index contributed by atoms with van der Waals surface area (Å²) in [6, 6.07) is 62.9. The Morgan fingerprint density at radius 3 is 0.575 bits per heavy atom. The molecule has 0 unspecified atom stereocenters. The van der Waals surface area contributed by atoms with Crippen molar-refractivity contribution in [3.63, 3.8) is 0 Å². The van der Waals surface area contributed by atoms with Crippen LogP contribution in [0.15, 0.2) is 182 Å². The van der Waals surface area contributed by atoms with Crippen LogP contribution in [0.5, 0.6) is 0 Å². The lowest BCUT2D eigenvalue weighted by Gasteiger charge is -2.31. The van der Waals surface area contributed by atoms with E-state index in [4.69, 9.17) is 0 Å². The van der Waals surface area contributed by atoms with E-state index < -0.39 is 14.5 Å². The van der Waals surface area contributed by atoms with Gasteiger partial charge in [0, 0.05) is 0 Å². The molecule has 0 aliphatic heterocycles. The Bertz CT molecular complexity index is 1350. The van der Waals surface area contributed by atoms with Crippen molar-refractivity contribution in [3.8, 4) is 0 Å². The number of rotatable bonds is 8. The van der Waals surface area contributed by atoms with E-state index in [2.05, 4.69) is 146 Å². The van der Waals surface area contributed by atoms with Gasteiger partial charge in [-0.25, -0.2) is 4.79 Å². The molecular formula is C37H30OP2+2. The molecule has 0 amide bonds. The van der Waals surface area contributed by atoms with E-state index in [0.717, 1.165) is 31.8 Å². The zero-order valence-electron chi connectivity index (χ0n) is 22.1. The molecule has 6 aromatic rings. The van der Waals surface area contributed by atoms with Crippen molar-refractivity contribution < 1.29 is 4.79 Å². The van der Waals surface area contributed by atoms with Crippen molar-refractivity contribution in [1.29, 1.82) is 0 Å². The van der Waals surface area contributed by atoms with E-state index in [9.17, 15) is 0 Å². The Labute approximate surface area is 237 Å². The van der Waals surface area contributed by atoms with Crippen molar-refractivity contribution in [1.82, 2.24) is 0 Å². The molecule has 6 rings (SSSR count). The predicted molar refractivity (Wildman–Crippen MR) is 176 cm³/mol. The summed E-state index contributed by atoms with van der Waals surface area (Å²) in [6.07, 6.45) is 0. The standard InChI is InChI=1S/C37H30OP2/c38-37(39(31-19-7-1-8-20-31,32-21-9-2-10-22-32)33-23-11-3-12-24-33)40(34-25-13-4-14-26-34,35-27-15-5-16-28-35)36-29-17-6-18-30-36/h1-30H/q+2. The van der Waals surface area contributed by atoms with Crippen molar-refractivity contribution >= 4 is 51.6 Å². The molecule has 0 fully saturated rings. The second-order valence-electron chi connectivity index (χ2n) is 9.64. The maximum Gasteiger partial charge on any atom is 0.426 e. The fourth-order valence-electron chi connectivity index (χ4n) is 5.69. The van der Waals surface area contributed by atoms with Crippen molar-refractivity contribution in [3.05, 3.63) is 182 Å². The van der Waals surface area contributed by atoms with Gasteiger partial charge in [0.05, 0.1) is 0 Å². The van der Waals surface area contributed by atoms with Crippen LogP contribution >= 0.6 is 14.5 Å². The fraction of sp³-hybridized carbons (Fsp3) is 0. The van der Waals surface area contributed by atoms with Gasteiger partial charge < -0.3 is 0 Å². The van der Waals surface area contributed by atoms with Gasteiger partial charge in [0.15, 0.2) is 0 Å². The van der Waals surface area contributed by atoms with Crippen LogP contribution in [0.25, 0.3) is 0 Å². The van der Waals surface area contributed by atoms with Crippen LogP contribution in [0.2, 0.25) is 0 Å². The van der Waals surface area contributed by atoms with Gasteiger partial charge in [-0.3, -0.25) is 0 Å². The minimum atomic E-state index is -2.85. The molecule has 0 atom stereocenters. The van der Waals surface area contributed by atoms with Gasteiger partial charge in [-0.2, -0.15) is 0 Å². The van der Waals surface area contributed by atoms with Gasteiger partial charge in [-0.1, -0.05) is 109 Å². The third-order valence-corrected chi connectivity index (χ3v) is 16.8. The van der Waals surface area contributed by atoms with Crippen molar-refractivity contribution in [2.24, 2.45) is 0 Å². The lowest BCUT2D eigenvalue weighted by Crippen LogP contribution is -2.44. The second-order valence-corrected chi connectivity index (χ2v) is 16.6. The molecule has 0 spiro atoms. The first-order valence-corrected chi connectivity index (χ1v) is 17.0. The molecule has 1 nitrogen and oxygen atoms in total. The number of hydrogen-bond donors (Lipinski definition) is 0.